The molecule has 0 spiro atoms. The molecule has 24 heavy (non-hydrogen) atoms. The van der Waals surface area contributed by atoms with Gasteiger partial charge in [-0.3, -0.25) is 9.59 Å². The highest BCUT2D eigenvalue weighted by Gasteiger charge is 2.44. The number of nitrogens with zero attached hydrogens (tertiary/aromatic N) is 3. The van der Waals surface area contributed by atoms with E-state index in [4.69, 9.17) is 0 Å². The van der Waals surface area contributed by atoms with Crippen LogP contribution in [0.2, 0.25) is 0 Å². The van der Waals surface area contributed by atoms with Crippen molar-refractivity contribution in [2.24, 2.45) is 5.92 Å². The molecule has 0 unspecified atom stereocenters. The molecule has 0 aliphatic carbocycles. The molecule has 130 valence electrons. The van der Waals surface area contributed by atoms with E-state index in [1.807, 2.05) is 43.1 Å². The molecule has 0 bridgehead atoms. The van der Waals surface area contributed by atoms with Gasteiger partial charge in [0.2, 0.25) is 11.8 Å². The van der Waals surface area contributed by atoms with Crippen LogP contribution in [0.1, 0.15) is 30.5 Å². The minimum Gasteiger partial charge on any atom is -0.340 e. The molecule has 2 fully saturated rings. The van der Waals surface area contributed by atoms with E-state index in [1.165, 1.54) is 5.56 Å². The fraction of sp³-hybridized carbons (Fsp3) is 0.579. The van der Waals surface area contributed by atoms with Gasteiger partial charge in [-0.15, -0.1) is 0 Å². The highest BCUT2D eigenvalue weighted by atomic mass is 16.2. The second-order valence-corrected chi connectivity index (χ2v) is 6.93. The van der Waals surface area contributed by atoms with Crippen LogP contribution in [0.25, 0.3) is 0 Å². The maximum atomic E-state index is 13.1. The lowest BCUT2D eigenvalue weighted by molar-refractivity contribution is -0.138. The van der Waals surface area contributed by atoms with E-state index in [0.717, 1.165) is 38.3 Å². The summed E-state index contributed by atoms with van der Waals surface area (Å²) in [6, 6.07) is 8.05. The number of hydrogen-bond donors (Lipinski definition) is 0. The molecule has 0 aromatic heterocycles. The van der Waals surface area contributed by atoms with Crippen LogP contribution in [0.15, 0.2) is 24.3 Å². The van der Waals surface area contributed by atoms with Gasteiger partial charge in [0.25, 0.3) is 0 Å². The van der Waals surface area contributed by atoms with Gasteiger partial charge < -0.3 is 14.7 Å². The highest BCUT2D eigenvalue weighted by molar-refractivity contribution is 5.90. The first-order valence-electron chi connectivity index (χ1n) is 8.84. The van der Waals surface area contributed by atoms with Gasteiger partial charge in [-0.2, -0.15) is 0 Å². The van der Waals surface area contributed by atoms with Crippen LogP contribution in [-0.2, 0) is 9.59 Å². The van der Waals surface area contributed by atoms with E-state index < -0.39 is 0 Å². The van der Waals surface area contributed by atoms with Crippen LogP contribution in [0.3, 0.4) is 0 Å². The highest BCUT2D eigenvalue weighted by Crippen LogP contribution is 2.38. The topological polar surface area (TPSA) is 43.9 Å². The van der Waals surface area contributed by atoms with Crippen LogP contribution < -0.4 is 0 Å². The quantitative estimate of drug-likeness (QED) is 0.847. The van der Waals surface area contributed by atoms with E-state index in [2.05, 4.69) is 11.8 Å². The number of rotatable bonds is 3. The van der Waals surface area contributed by atoms with Gasteiger partial charge in [0.1, 0.15) is 0 Å². The smallest absolute Gasteiger partial charge is 0.228 e. The second-order valence-electron chi connectivity index (χ2n) is 6.93. The number of piperazine rings is 1. The van der Waals surface area contributed by atoms with Crippen molar-refractivity contribution in [1.29, 1.82) is 0 Å². The molecule has 2 saturated heterocycles. The summed E-state index contributed by atoms with van der Waals surface area (Å²) in [6.07, 6.45) is 0.321. The van der Waals surface area contributed by atoms with Gasteiger partial charge in [0.15, 0.2) is 0 Å². The molecule has 5 nitrogen and oxygen atoms in total. The van der Waals surface area contributed by atoms with Gasteiger partial charge in [0, 0.05) is 39.6 Å². The molecule has 2 atom stereocenters. The van der Waals surface area contributed by atoms with Crippen LogP contribution in [0.5, 0.6) is 0 Å². The molecule has 2 aliphatic rings. The predicted molar refractivity (Wildman–Crippen MR) is 93.5 cm³/mol. The number of carbonyl (C=O) groups is 2. The minimum absolute atomic E-state index is 0.0612. The Morgan fingerprint density at radius 3 is 2.33 bits per heavy atom. The van der Waals surface area contributed by atoms with Crippen molar-refractivity contribution in [3.8, 4) is 0 Å². The third-order valence-electron chi connectivity index (χ3n) is 5.45. The molecule has 0 saturated carbocycles. The van der Waals surface area contributed by atoms with Crippen molar-refractivity contribution in [3.05, 3.63) is 35.4 Å². The summed E-state index contributed by atoms with van der Waals surface area (Å²) in [4.78, 5) is 31.4. The largest absolute Gasteiger partial charge is 0.340 e. The number of likely N-dealkylation sites (tertiary alicyclic amines) is 1. The first kappa shape index (κ1) is 17.0. The minimum atomic E-state index is -0.265. The summed E-state index contributed by atoms with van der Waals surface area (Å²) < 4.78 is 0. The molecule has 3 rings (SSSR count). The van der Waals surface area contributed by atoms with Crippen molar-refractivity contribution in [2.75, 3.05) is 39.8 Å². The normalized spacial score (nSPS) is 25.4. The molecule has 0 radical (unpaired) electrons. The van der Waals surface area contributed by atoms with Gasteiger partial charge in [-0.1, -0.05) is 36.8 Å². The van der Waals surface area contributed by atoms with Crippen molar-refractivity contribution < 1.29 is 9.59 Å². The molecule has 5 heteroatoms. The third kappa shape index (κ3) is 3.18. The number of hydrogen-bond acceptors (Lipinski definition) is 3. The fourth-order valence-corrected chi connectivity index (χ4v) is 3.83. The van der Waals surface area contributed by atoms with Gasteiger partial charge >= 0.3 is 0 Å². The molecule has 2 amide bonds. The zero-order valence-electron chi connectivity index (χ0n) is 14.9. The lowest BCUT2D eigenvalue weighted by Gasteiger charge is -2.36. The average molecular weight is 329 g/mol. The number of carbonyl (C=O) groups excluding carboxylic acids is 2. The molecule has 0 N–H and O–H groups in total. The van der Waals surface area contributed by atoms with Crippen LogP contribution >= 0.6 is 0 Å². The molecule has 1 aromatic rings. The summed E-state index contributed by atoms with van der Waals surface area (Å²) in [5, 5.41) is 0. The van der Waals surface area contributed by atoms with Gasteiger partial charge in [-0.05, 0) is 19.0 Å². The van der Waals surface area contributed by atoms with E-state index in [-0.39, 0.29) is 23.8 Å². The Morgan fingerprint density at radius 2 is 1.75 bits per heavy atom. The Hall–Kier alpha value is -1.88. The van der Waals surface area contributed by atoms with Crippen LogP contribution in [0.4, 0.5) is 0 Å². The van der Waals surface area contributed by atoms with Crippen LogP contribution in [-0.4, -0.2) is 66.3 Å². The summed E-state index contributed by atoms with van der Waals surface area (Å²) in [7, 11) is 1.81. The SMILES string of the molecule is CCN1CCN(C(=O)[C@@H]2CC(=O)N(C)[C@@H]2c2ccc(C)cc2)CC1. The summed E-state index contributed by atoms with van der Waals surface area (Å²) in [5.74, 6) is -0.0708. The second kappa shape index (κ2) is 6.93. The maximum Gasteiger partial charge on any atom is 0.228 e. The van der Waals surface area contributed by atoms with E-state index in [0.29, 0.717) is 6.42 Å². The number of amides is 2. The van der Waals surface area contributed by atoms with Crippen molar-refractivity contribution >= 4 is 11.8 Å². The Morgan fingerprint density at radius 1 is 1.12 bits per heavy atom. The third-order valence-corrected chi connectivity index (χ3v) is 5.45. The number of benzene rings is 1. The average Bonchev–Trinajstić information content (AvgIpc) is 2.90. The lowest BCUT2D eigenvalue weighted by atomic mass is 9.91. The summed E-state index contributed by atoms with van der Waals surface area (Å²) in [5.41, 5.74) is 2.24. The molecule has 1 aromatic carbocycles. The maximum absolute atomic E-state index is 13.1. The Balaban J connectivity index is 1.78. The molecular weight excluding hydrogens is 302 g/mol. The number of aryl methyl sites for hydroxylation is 1. The summed E-state index contributed by atoms with van der Waals surface area (Å²) >= 11 is 0. The standard InChI is InChI=1S/C19H27N3O2/c1-4-21-9-11-22(12-10-21)19(24)16-13-17(23)20(3)18(16)15-7-5-14(2)6-8-15/h5-8,16,18H,4,9-13H2,1-3H3/t16-,18-/m1/s1. The number of likely N-dealkylation sites (N-methyl/N-ethyl adjacent to an activating group) is 1. The predicted octanol–water partition coefficient (Wildman–Crippen LogP) is 1.68. The zero-order chi connectivity index (χ0) is 17.3. The Bertz CT molecular complexity index is 606. The van der Waals surface area contributed by atoms with Gasteiger partial charge in [0.05, 0.1) is 12.0 Å². The lowest BCUT2D eigenvalue weighted by Crippen LogP contribution is -2.50. The molecular formula is C19H27N3O2. The Labute approximate surface area is 144 Å². The van der Waals surface area contributed by atoms with Crippen molar-refractivity contribution in [2.45, 2.75) is 26.3 Å². The fourth-order valence-electron chi connectivity index (χ4n) is 3.83. The van der Waals surface area contributed by atoms with Crippen molar-refractivity contribution in [3.63, 3.8) is 0 Å². The molecule has 2 heterocycles. The first-order chi connectivity index (χ1) is 11.5. The van der Waals surface area contributed by atoms with E-state index >= 15 is 0 Å². The van der Waals surface area contributed by atoms with Crippen LogP contribution in [0, 0.1) is 12.8 Å². The monoisotopic (exact) mass is 329 g/mol. The van der Waals surface area contributed by atoms with E-state index in [1.54, 1.807) is 4.90 Å². The van der Waals surface area contributed by atoms with Gasteiger partial charge in [-0.25, -0.2) is 0 Å². The summed E-state index contributed by atoms with van der Waals surface area (Å²) in [6.45, 7) is 8.60. The van der Waals surface area contributed by atoms with Crippen molar-refractivity contribution in [1.82, 2.24) is 14.7 Å². The first-order valence-corrected chi connectivity index (χ1v) is 8.84. The van der Waals surface area contributed by atoms with E-state index in [9.17, 15) is 9.59 Å². The molecule has 2 aliphatic heterocycles. The Kier molecular flexibility index (Phi) is 4.90. The zero-order valence-corrected chi connectivity index (χ0v) is 14.9.